The first-order valence-electron chi connectivity index (χ1n) is 8.61. The number of halogens is 4. The van der Waals surface area contributed by atoms with Crippen molar-refractivity contribution in [1.29, 1.82) is 0 Å². The molecule has 1 amide bonds. The lowest BCUT2D eigenvalue weighted by Gasteiger charge is -2.33. The van der Waals surface area contributed by atoms with Crippen LogP contribution in [0.3, 0.4) is 0 Å². The van der Waals surface area contributed by atoms with Gasteiger partial charge in [0.15, 0.2) is 0 Å². The number of carbonyl (C=O) groups is 2. The third kappa shape index (κ3) is 6.08. The predicted octanol–water partition coefficient (Wildman–Crippen LogP) is 2.65. The Hall–Kier alpha value is -1.84. The number of carbonyl (C=O) groups excluding carboxylic acids is 1. The van der Waals surface area contributed by atoms with E-state index < -0.39 is 12.1 Å². The van der Waals surface area contributed by atoms with Gasteiger partial charge in [0.05, 0.1) is 18.1 Å². The molecule has 1 N–H and O–H groups in total. The molecule has 3 rings (SSSR count). The number of carboxylic acids is 1. The van der Waals surface area contributed by atoms with Gasteiger partial charge in [0.2, 0.25) is 5.91 Å². The minimum atomic E-state index is -5.08. The summed E-state index contributed by atoms with van der Waals surface area (Å²) >= 11 is 6.04. The van der Waals surface area contributed by atoms with Crippen molar-refractivity contribution in [2.45, 2.75) is 31.3 Å². The largest absolute Gasteiger partial charge is 0.490 e. The molecule has 0 radical (unpaired) electrons. The summed E-state index contributed by atoms with van der Waals surface area (Å²) in [5.74, 6) is -2.56. The highest BCUT2D eigenvalue weighted by Gasteiger charge is 2.45. The van der Waals surface area contributed by atoms with Gasteiger partial charge in [0.1, 0.15) is 0 Å². The monoisotopic (exact) mass is 422 g/mol. The number of morpholine rings is 1. The van der Waals surface area contributed by atoms with E-state index >= 15 is 0 Å². The highest BCUT2D eigenvalue weighted by atomic mass is 35.5. The number of fused-ring (bicyclic) bond motifs is 2. The molecule has 2 bridgehead atoms. The number of carboxylic acid groups (broad SMARTS) is 1. The summed E-state index contributed by atoms with van der Waals surface area (Å²) in [5.41, 5.74) is 1.21. The zero-order chi connectivity index (χ0) is 21.1. The fourth-order valence-electron chi connectivity index (χ4n) is 3.35. The SMILES string of the molecule is CN(C)C(=O)[C@H]1C[C@@H]2CN(Cc3cccc(Cl)c3)C[C@H]1O2.O=C(O)C(F)(F)F. The van der Waals surface area contributed by atoms with Crippen molar-refractivity contribution in [3.05, 3.63) is 34.9 Å². The van der Waals surface area contributed by atoms with Crippen LogP contribution in [0.25, 0.3) is 0 Å². The number of amides is 1. The molecule has 2 aliphatic rings. The summed E-state index contributed by atoms with van der Waals surface area (Å²) in [6, 6.07) is 7.96. The van der Waals surface area contributed by atoms with E-state index in [0.29, 0.717) is 0 Å². The number of likely N-dealkylation sites (tertiary alicyclic amines) is 1. The molecule has 156 valence electrons. The van der Waals surface area contributed by atoms with Crippen molar-refractivity contribution in [3.8, 4) is 0 Å². The second-order valence-corrected chi connectivity index (χ2v) is 7.43. The van der Waals surface area contributed by atoms with Crippen LogP contribution >= 0.6 is 11.6 Å². The number of nitrogens with zero attached hydrogens (tertiary/aromatic N) is 2. The van der Waals surface area contributed by atoms with E-state index in [4.69, 9.17) is 26.2 Å². The third-order valence-corrected chi connectivity index (χ3v) is 4.76. The first kappa shape index (κ1) is 22.4. The normalized spacial score (nSPS) is 24.3. The van der Waals surface area contributed by atoms with Gasteiger partial charge in [-0.2, -0.15) is 13.2 Å². The van der Waals surface area contributed by atoms with Gasteiger partial charge < -0.3 is 14.7 Å². The van der Waals surface area contributed by atoms with Crippen molar-refractivity contribution in [2.24, 2.45) is 5.92 Å². The van der Waals surface area contributed by atoms with Gasteiger partial charge in [-0.05, 0) is 24.1 Å². The van der Waals surface area contributed by atoms with Crippen LogP contribution in [0.5, 0.6) is 0 Å². The number of ether oxygens (including phenoxy) is 1. The molecule has 0 saturated carbocycles. The van der Waals surface area contributed by atoms with E-state index in [0.717, 1.165) is 31.1 Å². The molecule has 10 heteroatoms. The Bertz CT molecular complexity index is 714. The number of hydrogen-bond donors (Lipinski definition) is 1. The molecule has 3 atom stereocenters. The summed E-state index contributed by atoms with van der Waals surface area (Å²) < 4.78 is 37.7. The van der Waals surface area contributed by atoms with Crippen molar-refractivity contribution in [2.75, 3.05) is 27.2 Å². The molecule has 2 fully saturated rings. The predicted molar refractivity (Wildman–Crippen MR) is 95.9 cm³/mol. The average Bonchev–Trinajstić information content (AvgIpc) is 2.88. The molecule has 2 saturated heterocycles. The molecule has 6 nitrogen and oxygen atoms in total. The van der Waals surface area contributed by atoms with Gasteiger partial charge in [0.25, 0.3) is 0 Å². The zero-order valence-electron chi connectivity index (χ0n) is 15.4. The number of alkyl halides is 3. The zero-order valence-corrected chi connectivity index (χ0v) is 16.2. The van der Waals surface area contributed by atoms with E-state index in [-0.39, 0.29) is 24.0 Å². The van der Waals surface area contributed by atoms with Crippen LogP contribution in [0, 0.1) is 5.92 Å². The summed E-state index contributed by atoms with van der Waals surface area (Å²) in [6.07, 6.45) is -4.04. The molecule has 0 aromatic heterocycles. The lowest BCUT2D eigenvalue weighted by atomic mass is 9.99. The number of hydrogen-bond acceptors (Lipinski definition) is 4. The summed E-state index contributed by atoms with van der Waals surface area (Å²) in [7, 11) is 3.63. The van der Waals surface area contributed by atoms with E-state index in [2.05, 4.69) is 11.0 Å². The molecular weight excluding hydrogens is 401 g/mol. The van der Waals surface area contributed by atoms with Crippen LogP contribution in [0.4, 0.5) is 13.2 Å². The van der Waals surface area contributed by atoms with E-state index in [1.807, 2.05) is 32.3 Å². The first-order valence-corrected chi connectivity index (χ1v) is 8.98. The highest BCUT2D eigenvalue weighted by molar-refractivity contribution is 6.30. The van der Waals surface area contributed by atoms with E-state index in [1.54, 1.807) is 4.90 Å². The van der Waals surface area contributed by atoms with Crippen molar-refractivity contribution in [1.82, 2.24) is 9.80 Å². The Morgan fingerprint density at radius 3 is 2.50 bits per heavy atom. The topological polar surface area (TPSA) is 70.1 Å². The van der Waals surface area contributed by atoms with Crippen molar-refractivity contribution in [3.63, 3.8) is 0 Å². The quantitative estimate of drug-likeness (QED) is 0.811. The Labute approximate surface area is 165 Å². The summed E-state index contributed by atoms with van der Waals surface area (Å²) in [6.45, 7) is 2.56. The van der Waals surface area contributed by atoms with Crippen LogP contribution in [-0.2, 0) is 20.9 Å². The molecule has 0 spiro atoms. The fourth-order valence-corrected chi connectivity index (χ4v) is 3.56. The van der Waals surface area contributed by atoms with Crippen LogP contribution in [-0.4, -0.2) is 72.4 Å². The number of aliphatic carboxylic acids is 1. The molecular formula is C18H22ClF3N2O4. The summed E-state index contributed by atoms with van der Waals surface area (Å²) in [5, 5.41) is 7.89. The van der Waals surface area contributed by atoms with E-state index in [1.165, 1.54) is 5.56 Å². The van der Waals surface area contributed by atoms with Gasteiger partial charge in [-0.3, -0.25) is 9.69 Å². The van der Waals surface area contributed by atoms with Crippen LogP contribution in [0.15, 0.2) is 24.3 Å². The Balaban J connectivity index is 0.000000345. The molecule has 2 aliphatic heterocycles. The van der Waals surface area contributed by atoms with E-state index in [9.17, 15) is 18.0 Å². The Kier molecular flexibility index (Phi) is 7.30. The first-order chi connectivity index (χ1) is 13.0. The van der Waals surface area contributed by atoms with Crippen LogP contribution in [0.2, 0.25) is 5.02 Å². The Morgan fingerprint density at radius 2 is 1.96 bits per heavy atom. The maximum absolute atomic E-state index is 12.2. The van der Waals surface area contributed by atoms with Gasteiger partial charge in [0, 0.05) is 38.8 Å². The van der Waals surface area contributed by atoms with Gasteiger partial charge >= 0.3 is 12.1 Å². The summed E-state index contributed by atoms with van der Waals surface area (Å²) in [4.78, 5) is 25.1. The van der Waals surface area contributed by atoms with Gasteiger partial charge in [-0.15, -0.1) is 0 Å². The highest BCUT2D eigenvalue weighted by Crippen LogP contribution is 2.33. The van der Waals surface area contributed by atoms with Crippen molar-refractivity contribution < 1.29 is 32.6 Å². The molecule has 1 aromatic carbocycles. The minimum absolute atomic E-state index is 0.00867. The third-order valence-electron chi connectivity index (χ3n) is 4.53. The molecule has 28 heavy (non-hydrogen) atoms. The smallest absolute Gasteiger partial charge is 0.475 e. The number of benzene rings is 1. The maximum Gasteiger partial charge on any atom is 0.490 e. The number of rotatable bonds is 3. The second kappa shape index (κ2) is 9.11. The minimum Gasteiger partial charge on any atom is -0.475 e. The Morgan fingerprint density at radius 1 is 1.32 bits per heavy atom. The molecule has 1 aromatic rings. The second-order valence-electron chi connectivity index (χ2n) is 7.00. The van der Waals surface area contributed by atoms with Gasteiger partial charge in [-0.1, -0.05) is 23.7 Å². The van der Waals surface area contributed by atoms with Gasteiger partial charge in [-0.25, -0.2) is 4.79 Å². The average molecular weight is 423 g/mol. The molecule has 0 unspecified atom stereocenters. The fraction of sp³-hybridized carbons (Fsp3) is 0.556. The molecule has 2 heterocycles. The molecule has 0 aliphatic carbocycles. The lowest BCUT2D eigenvalue weighted by molar-refractivity contribution is -0.192. The van der Waals surface area contributed by atoms with Crippen LogP contribution < -0.4 is 0 Å². The standard InChI is InChI=1S/C16H21ClN2O2.C2HF3O2/c1-18(2)16(20)14-7-13-9-19(10-15(14)21-13)8-11-4-3-5-12(17)6-11;3-2(4,5)1(6)7/h3-6,13-15H,7-10H2,1-2H3;(H,6,7)/t13-,14+,15-;/m1./s1. The maximum atomic E-state index is 12.2. The van der Waals surface area contributed by atoms with Crippen LogP contribution in [0.1, 0.15) is 12.0 Å². The lowest BCUT2D eigenvalue weighted by Crippen LogP contribution is -2.44. The van der Waals surface area contributed by atoms with Crippen molar-refractivity contribution >= 4 is 23.5 Å².